The van der Waals surface area contributed by atoms with E-state index in [2.05, 4.69) is 41.0 Å². The molecule has 0 radical (unpaired) electrons. The van der Waals surface area contributed by atoms with E-state index in [0.717, 1.165) is 32.0 Å². The van der Waals surface area contributed by atoms with E-state index in [9.17, 15) is 5.11 Å². The van der Waals surface area contributed by atoms with Crippen molar-refractivity contribution in [3.63, 3.8) is 0 Å². The Morgan fingerprint density at radius 2 is 1.71 bits per heavy atom. The molecule has 1 heterocycles. The van der Waals surface area contributed by atoms with E-state index in [-0.39, 0.29) is 0 Å². The van der Waals surface area contributed by atoms with E-state index in [0.29, 0.717) is 6.04 Å². The second kappa shape index (κ2) is 7.45. The van der Waals surface area contributed by atoms with Crippen LogP contribution in [0.2, 0.25) is 0 Å². The molecule has 3 nitrogen and oxygen atoms in total. The second-order valence-electron chi connectivity index (χ2n) is 8.44. The zero-order valence-electron chi connectivity index (χ0n) is 15.7. The van der Waals surface area contributed by atoms with Crippen molar-refractivity contribution in [2.45, 2.75) is 64.5 Å². The van der Waals surface area contributed by atoms with Crippen molar-refractivity contribution in [2.24, 2.45) is 5.92 Å². The van der Waals surface area contributed by atoms with Crippen LogP contribution in [0.25, 0.3) is 0 Å². The van der Waals surface area contributed by atoms with Crippen LogP contribution in [-0.2, 0) is 6.42 Å². The maximum atomic E-state index is 10.0. The third-order valence-electron chi connectivity index (χ3n) is 5.44. The number of aryl methyl sites for hydroxylation is 1. The Balaban J connectivity index is 1.63. The summed E-state index contributed by atoms with van der Waals surface area (Å²) < 4.78 is 0. The first-order valence-electron chi connectivity index (χ1n) is 9.75. The molecule has 2 aliphatic rings. The zero-order chi connectivity index (χ0) is 17.2. The van der Waals surface area contributed by atoms with Gasteiger partial charge in [0.2, 0.25) is 0 Å². The smallest absolute Gasteiger partial charge is 0.0718 e. The summed E-state index contributed by atoms with van der Waals surface area (Å²) >= 11 is 0. The Morgan fingerprint density at radius 1 is 1.08 bits per heavy atom. The molecule has 1 aromatic carbocycles. The first kappa shape index (κ1) is 17.8. The minimum atomic E-state index is -0.587. The zero-order valence-corrected chi connectivity index (χ0v) is 15.7. The summed E-state index contributed by atoms with van der Waals surface area (Å²) in [6, 6.07) is 9.88. The number of nitrogens with zero attached hydrogens (tertiary/aromatic N) is 2. The standard InChI is InChI=1S/C21H34N2O/c1-4-17-7-9-19(10-8-17)23(15-18-5-6-18)20-11-13-22(14-12-20)16-21(2,3)24/h7-10,18,20,24H,4-6,11-16H2,1-3H3. The molecule has 1 aliphatic heterocycles. The van der Waals surface area contributed by atoms with Crippen LogP contribution in [0.4, 0.5) is 5.69 Å². The van der Waals surface area contributed by atoms with Gasteiger partial charge in [0.25, 0.3) is 0 Å². The highest BCUT2D eigenvalue weighted by Gasteiger charge is 2.31. The lowest BCUT2D eigenvalue weighted by Gasteiger charge is -2.41. The van der Waals surface area contributed by atoms with Crippen molar-refractivity contribution in [3.8, 4) is 0 Å². The molecule has 1 saturated carbocycles. The first-order valence-corrected chi connectivity index (χ1v) is 9.75. The van der Waals surface area contributed by atoms with Gasteiger partial charge in [-0.2, -0.15) is 0 Å². The summed E-state index contributed by atoms with van der Waals surface area (Å²) in [4.78, 5) is 5.10. The first-order chi connectivity index (χ1) is 11.4. The van der Waals surface area contributed by atoms with E-state index < -0.39 is 5.60 Å². The van der Waals surface area contributed by atoms with Gasteiger partial charge in [0, 0.05) is 37.9 Å². The van der Waals surface area contributed by atoms with Gasteiger partial charge in [-0.05, 0) is 69.6 Å². The molecule has 1 aliphatic carbocycles. The highest BCUT2D eigenvalue weighted by molar-refractivity contribution is 5.49. The number of anilines is 1. The lowest BCUT2D eigenvalue weighted by molar-refractivity contribution is 0.0281. The van der Waals surface area contributed by atoms with Crippen molar-refractivity contribution >= 4 is 5.69 Å². The summed E-state index contributed by atoms with van der Waals surface area (Å²) in [7, 11) is 0. The number of hydrogen-bond acceptors (Lipinski definition) is 3. The minimum Gasteiger partial charge on any atom is -0.389 e. The van der Waals surface area contributed by atoms with Crippen molar-refractivity contribution in [1.82, 2.24) is 4.90 Å². The Kier molecular flexibility index (Phi) is 5.51. The monoisotopic (exact) mass is 330 g/mol. The van der Waals surface area contributed by atoms with E-state index in [1.54, 1.807) is 0 Å². The molecule has 0 unspecified atom stereocenters. The molecule has 0 bridgehead atoms. The Hall–Kier alpha value is -1.06. The maximum Gasteiger partial charge on any atom is 0.0718 e. The number of rotatable bonds is 7. The minimum absolute atomic E-state index is 0.587. The summed E-state index contributed by atoms with van der Waals surface area (Å²) in [5.74, 6) is 0.908. The van der Waals surface area contributed by atoms with Crippen LogP contribution >= 0.6 is 0 Å². The van der Waals surface area contributed by atoms with Gasteiger partial charge in [0.1, 0.15) is 0 Å². The number of hydrogen-bond donors (Lipinski definition) is 1. The Morgan fingerprint density at radius 3 is 2.21 bits per heavy atom. The molecule has 0 aromatic heterocycles. The van der Waals surface area contributed by atoms with Gasteiger partial charge in [0.15, 0.2) is 0 Å². The molecule has 3 heteroatoms. The molecule has 2 fully saturated rings. The topological polar surface area (TPSA) is 26.7 Å². The van der Waals surface area contributed by atoms with Gasteiger partial charge in [-0.25, -0.2) is 0 Å². The van der Waals surface area contributed by atoms with Crippen molar-refractivity contribution in [3.05, 3.63) is 29.8 Å². The molecule has 1 saturated heterocycles. The molecular formula is C21H34N2O. The third-order valence-corrected chi connectivity index (χ3v) is 5.44. The van der Waals surface area contributed by atoms with E-state index >= 15 is 0 Å². The summed E-state index contributed by atoms with van der Waals surface area (Å²) in [6.45, 7) is 10.2. The van der Waals surface area contributed by atoms with Crippen LogP contribution < -0.4 is 4.90 Å². The third kappa shape index (κ3) is 4.97. The predicted molar refractivity (Wildman–Crippen MR) is 102 cm³/mol. The molecule has 1 N–H and O–H groups in total. The summed E-state index contributed by atoms with van der Waals surface area (Å²) in [6.07, 6.45) is 6.33. The fourth-order valence-electron chi connectivity index (χ4n) is 3.90. The number of likely N-dealkylation sites (tertiary alicyclic amines) is 1. The fraction of sp³-hybridized carbons (Fsp3) is 0.714. The SMILES string of the molecule is CCc1ccc(N(CC2CC2)C2CCN(CC(C)(C)O)CC2)cc1. The van der Waals surface area contributed by atoms with Crippen LogP contribution in [0, 0.1) is 5.92 Å². The maximum absolute atomic E-state index is 10.0. The van der Waals surface area contributed by atoms with Gasteiger partial charge in [-0.15, -0.1) is 0 Å². The molecule has 0 spiro atoms. The van der Waals surface area contributed by atoms with Crippen molar-refractivity contribution in [1.29, 1.82) is 0 Å². The quantitative estimate of drug-likeness (QED) is 0.826. The van der Waals surface area contributed by atoms with Gasteiger partial charge < -0.3 is 14.9 Å². The molecule has 3 rings (SSSR count). The number of benzene rings is 1. The van der Waals surface area contributed by atoms with Crippen LogP contribution in [0.15, 0.2) is 24.3 Å². The average Bonchev–Trinajstić information content (AvgIpc) is 3.36. The van der Waals surface area contributed by atoms with Crippen LogP contribution in [0.3, 0.4) is 0 Å². The van der Waals surface area contributed by atoms with Crippen LogP contribution in [-0.4, -0.2) is 47.8 Å². The molecule has 0 amide bonds. The lowest BCUT2D eigenvalue weighted by atomic mass is 9.99. The average molecular weight is 331 g/mol. The molecule has 134 valence electrons. The highest BCUT2D eigenvalue weighted by atomic mass is 16.3. The largest absolute Gasteiger partial charge is 0.389 e. The Bertz CT molecular complexity index is 508. The summed E-state index contributed by atoms with van der Waals surface area (Å²) in [5.41, 5.74) is 2.24. The summed E-state index contributed by atoms with van der Waals surface area (Å²) in [5, 5.41) is 10.0. The number of aliphatic hydroxyl groups is 1. The molecule has 0 atom stereocenters. The molecule has 24 heavy (non-hydrogen) atoms. The van der Waals surface area contributed by atoms with Gasteiger partial charge in [0.05, 0.1) is 5.60 Å². The van der Waals surface area contributed by atoms with Gasteiger partial charge >= 0.3 is 0 Å². The van der Waals surface area contributed by atoms with E-state index in [1.165, 1.54) is 43.5 Å². The number of β-amino-alcohol motifs (C(OH)–C–C–N with tert-alkyl or cyclic N) is 1. The Labute approximate surface area is 147 Å². The van der Waals surface area contributed by atoms with E-state index in [1.807, 2.05) is 13.8 Å². The van der Waals surface area contributed by atoms with Crippen molar-refractivity contribution in [2.75, 3.05) is 31.1 Å². The molecular weight excluding hydrogens is 296 g/mol. The highest BCUT2D eigenvalue weighted by Crippen LogP contribution is 2.34. The fourth-order valence-corrected chi connectivity index (χ4v) is 3.90. The lowest BCUT2D eigenvalue weighted by Crippen LogP contribution is -2.49. The van der Waals surface area contributed by atoms with Gasteiger partial charge in [-0.1, -0.05) is 19.1 Å². The van der Waals surface area contributed by atoms with Crippen LogP contribution in [0.5, 0.6) is 0 Å². The van der Waals surface area contributed by atoms with Crippen LogP contribution in [0.1, 0.15) is 52.0 Å². The predicted octanol–water partition coefficient (Wildman–Crippen LogP) is 3.70. The normalized spacial score (nSPS) is 20.3. The van der Waals surface area contributed by atoms with Gasteiger partial charge in [-0.3, -0.25) is 0 Å². The number of piperidine rings is 1. The van der Waals surface area contributed by atoms with Crippen molar-refractivity contribution < 1.29 is 5.11 Å². The van der Waals surface area contributed by atoms with E-state index in [4.69, 9.17) is 0 Å². The second-order valence-corrected chi connectivity index (χ2v) is 8.44. The molecule has 1 aromatic rings.